The van der Waals surface area contributed by atoms with Gasteiger partial charge in [0.2, 0.25) is 0 Å². The molecule has 110 valence electrons. The fourth-order valence-corrected chi connectivity index (χ4v) is 3.43. The third-order valence-corrected chi connectivity index (χ3v) is 4.29. The van der Waals surface area contributed by atoms with Crippen LogP contribution in [0.4, 0.5) is 11.4 Å². The van der Waals surface area contributed by atoms with Gasteiger partial charge in [0.05, 0.1) is 0 Å². The van der Waals surface area contributed by atoms with Crippen molar-refractivity contribution >= 4 is 23.0 Å². The zero-order chi connectivity index (χ0) is 15.0. The van der Waals surface area contributed by atoms with Crippen LogP contribution < -0.4 is 10.6 Å². The van der Waals surface area contributed by atoms with Crippen LogP contribution in [0.15, 0.2) is 42.5 Å². The Kier molecular flexibility index (Phi) is 3.92. The van der Waals surface area contributed by atoms with E-state index in [-0.39, 0.29) is 6.04 Å². The normalized spacial score (nSPS) is 18.7. The molecule has 0 bridgehead atoms. The molecule has 2 atom stereocenters. The van der Waals surface area contributed by atoms with Crippen molar-refractivity contribution in [3.8, 4) is 0 Å². The summed E-state index contributed by atoms with van der Waals surface area (Å²) in [4.78, 5) is 2.42. The van der Waals surface area contributed by atoms with Crippen LogP contribution >= 0.6 is 11.6 Å². The van der Waals surface area contributed by atoms with Crippen LogP contribution in [0.5, 0.6) is 0 Å². The van der Waals surface area contributed by atoms with Crippen molar-refractivity contribution < 1.29 is 0 Å². The fourth-order valence-electron chi connectivity index (χ4n) is 3.23. The second-order valence-corrected chi connectivity index (χ2v) is 6.44. The summed E-state index contributed by atoms with van der Waals surface area (Å²) >= 11 is 6.18. The first-order valence-corrected chi connectivity index (χ1v) is 7.85. The van der Waals surface area contributed by atoms with Crippen LogP contribution in [0.1, 0.15) is 25.0 Å². The first-order chi connectivity index (χ1) is 10.1. The van der Waals surface area contributed by atoms with Gasteiger partial charge in [-0.3, -0.25) is 0 Å². The number of anilines is 2. The third-order valence-electron chi connectivity index (χ3n) is 4.05. The number of halogens is 1. The largest absolute Gasteiger partial charge is 0.338 e. The van der Waals surface area contributed by atoms with Crippen LogP contribution in [0, 0.1) is 0 Å². The zero-order valence-corrected chi connectivity index (χ0v) is 13.3. The lowest BCUT2D eigenvalue weighted by Crippen LogP contribution is -2.26. The summed E-state index contributed by atoms with van der Waals surface area (Å²) < 4.78 is 0. The van der Waals surface area contributed by atoms with Crippen LogP contribution in [-0.4, -0.2) is 12.1 Å². The number of nitrogens with zero attached hydrogens (tertiary/aromatic N) is 1. The van der Waals surface area contributed by atoms with Crippen molar-refractivity contribution in [2.45, 2.75) is 38.8 Å². The maximum atomic E-state index is 6.18. The maximum Gasteiger partial charge on any atom is 0.0447 e. The topological polar surface area (TPSA) is 29.3 Å². The minimum atomic E-state index is 0.121. The first-order valence-electron chi connectivity index (χ1n) is 7.47. The van der Waals surface area contributed by atoms with Crippen molar-refractivity contribution in [2.75, 3.05) is 4.90 Å². The molecule has 1 heterocycles. The van der Waals surface area contributed by atoms with Crippen LogP contribution in [0.2, 0.25) is 5.02 Å². The predicted molar refractivity (Wildman–Crippen MR) is 90.6 cm³/mol. The molecule has 0 saturated heterocycles. The lowest BCUT2D eigenvalue weighted by molar-refractivity contribution is 0.722. The SMILES string of the molecule is CC(N)Cc1cc(Cl)ccc1N1c2ccccc2CC1C. The van der Waals surface area contributed by atoms with Gasteiger partial charge in [-0.2, -0.15) is 0 Å². The van der Waals surface area contributed by atoms with Crippen LogP contribution in [-0.2, 0) is 12.8 Å². The first kappa shape index (κ1) is 14.4. The van der Waals surface area contributed by atoms with E-state index in [1.165, 1.54) is 22.5 Å². The van der Waals surface area contributed by atoms with Crippen molar-refractivity contribution in [2.24, 2.45) is 5.73 Å². The van der Waals surface area contributed by atoms with Gasteiger partial charge in [-0.25, -0.2) is 0 Å². The Morgan fingerprint density at radius 3 is 2.76 bits per heavy atom. The minimum Gasteiger partial charge on any atom is -0.338 e. The van der Waals surface area contributed by atoms with E-state index in [0.717, 1.165) is 17.9 Å². The summed E-state index contributed by atoms with van der Waals surface area (Å²) in [6.07, 6.45) is 1.91. The number of rotatable bonds is 3. The molecule has 1 aliphatic rings. The lowest BCUT2D eigenvalue weighted by Gasteiger charge is -2.28. The molecular weight excluding hydrogens is 280 g/mol. The van der Waals surface area contributed by atoms with Crippen molar-refractivity contribution in [3.05, 3.63) is 58.6 Å². The highest BCUT2D eigenvalue weighted by atomic mass is 35.5. The zero-order valence-electron chi connectivity index (χ0n) is 12.5. The van der Waals surface area contributed by atoms with Crippen LogP contribution in [0.25, 0.3) is 0 Å². The van der Waals surface area contributed by atoms with Gasteiger partial charge in [0, 0.05) is 28.5 Å². The van der Waals surface area contributed by atoms with Gasteiger partial charge in [0.15, 0.2) is 0 Å². The molecule has 0 spiro atoms. The summed E-state index contributed by atoms with van der Waals surface area (Å²) in [6, 6.07) is 15.3. The highest BCUT2D eigenvalue weighted by Crippen LogP contribution is 2.40. The molecule has 2 aromatic carbocycles. The molecule has 0 amide bonds. The second-order valence-electron chi connectivity index (χ2n) is 6.01. The van der Waals surface area contributed by atoms with E-state index in [2.05, 4.69) is 42.2 Å². The van der Waals surface area contributed by atoms with Gasteiger partial charge >= 0.3 is 0 Å². The van der Waals surface area contributed by atoms with Gasteiger partial charge in [-0.1, -0.05) is 29.8 Å². The molecule has 0 aliphatic carbocycles. The molecule has 2 N–H and O–H groups in total. The van der Waals surface area contributed by atoms with E-state index in [0.29, 0.717) is 6.04 Å². The number of fused-ring (bicyclic) bond motifs is 1. The molecule has 3 rings (SSSR count). The molecular formula is C18H21ClN2. The molecule has 1 aliphatic heterocycles. The highest BCUT2D eigenvalue weighted by Gasteiger charge is 2.28. The molecule has 0 radical (unpaired) electrons. The maximum absolute atomic E-state index is 6.18. The average molecular weight is 301 g/mol. The van der Waals surface area contributed by atoms with E-state index < -0.39 is 0 Å². The fraction of sp³-hybridized carbons (Fsp3) is 0.333. The Labute approximate surface area is 131 Å². The second kappa shape index (κ2) is 5.70. The molecule has 2 unspecified atom stereocenters. The van der Waals surface area contributed by atoms with Crippen LogP contribution in [0.3, 0.4) is 0 Å². The molecule has 21 heavy (non-hydrogen) atoms. The lowest BCUT2D eigenvalue weighted by atomic mass is 10.0. The Hall–Kier alpha value is -1.51. The average Bonchev–Trinajstić information content (AvgIpc) is 2.75. The van der Waals surface area contributed by atoms with Gasteiger partial charge in [-0.15, -0.1) is 0 Å². The molecule has 3 heteroatoms. The number of para-hydroxylation sites is 1. The summed E-state index contributed by atoms with van der Waals surface area (Å²) in [6.45, 7) is 4.30. The van der Waals surface area contributed by atoms with Gasteiger partial charge < -0.3 is 10.6 Å². The molecule has 2 aromatic rings. The van der Waals surface area contributed by atoms with E-state index in [1.807, 2.05) is 19.1 Å². The highest BCUT2D eigenvalue weighted by molar-refractivity contribution is 6.30. The van der Waals surface area contributed by atoms with Crippen molar-refractivity contribution in [1.29, 1.82) is 0 Å². The summed E-state index contributed by atoms with van der Waals surface area (Å²) in [5.41, 5.74) is 11.2. The number of hydrogen-bond donors (Lipinski definition) is 1. The van der Waals surface area contributed by atoms with Crippen molar-refractivity contribution in [3.63, 3.8) is 0 Å². The van der Waals surface area contributed by atoms with Gasteiger partial charge in [0.1, 0.15) is 0 Å². The van der Waals surface area contributed by atoms with E-state index in [9.17, 15) is 0 Å². The van der Waals surface area contributed by atoms with E-state index in [4.69, 9.17) is 17.3 Å². The minimum absolute atomic E-state index is 0.121. The molecule has 2 nitrogen and oxygen atoms in total. The summed E-state index contributed by atoms with van der Waals surface area (Å²) in [5.74, 6) is 0. The standard InChI is InChI=1S/C18H21ClN2/c1-12(20)9-15-11-16(19)7-8-18(15)21-13(2)10-14-5-3-4-6-17(14)21/h3-8,11-13H,9-10,20H2,1-2H3. The molecule has 0 saturated carbocycles. The molecule has 0 fully saturated rings. The predicted octanol–water partition coefficient (Wildman–Crippen LogP) is 4.31. The van der Waals surface area contributed by atoms with Gasteiger partial charge in [-0.05, 0) is 62.1 Å². The van der Waals surface area contributed by atoms with E-state index in [1.54, 1.807) is 0 Å². The monoisotopic (exact) mass is 300 g/mol. The quantitative estimate of drug-likeness (QED) is 0.915. The van der Waals surface area contributed by atoms with Gasteiger partial charge in [0.25, 0.3) is 0 Å². The number of benzene rings is 2. The smallest absolute Gasteiger partial charge is 0.0447 e. The number of nitrogens with two attached hydrogens (primary N) is 1. The van der Waals surface area contributed by atoms with E-state index >= 15 is 0 Å². The third kappa shape index (κ3) is 2.78. The summed E-state index contributed by atoms with van der Waals surface area (Å²) in [7, 11) is 0. The molecule has 0 aromatic heterocycles. The van der Waals surface area contributed by atoms with Crippen molar-refractivity contribution in [1.82, 2.24) is 0 Å². The Morgan fingerprint density at radius 1 is 1.24 bits per heavy atom. The Bertz CT molecular complexity index is 651. The Morgan fingerprint density at radius 2 is 2.00 bits per heavy atom. The Balaban J connectivity index is 2.08. The number of hydrogen-bond acceptors (Lipinski definition) is 2. The summed E-state index contributed by atoms with van der Waals surface area (Å²) in [5, 5.41) is 0.773.